The van der Waals surface area contributed by atoms with Gasteiger partial charge in [-0.3, -0.25) is 14.4 Å². The van der Waals surface area contributed by atoms with E-state index in [1.54, 1.807) is 0 Å². The Bertz CT molecular complexity index is 1290. The third-order valence-corrected chi connectivity index (χ3v) is 11.6. The fourth-order valence-corrected chi connectivity index (χ4v) is 7.48. The van der Waals surface area contributed by atoms with E-state index in [2.05, 4.69) is 99.8 Å². The van der Waals surface area contributed by atoms with E-state index in [1.165, 1.54) is 116 Å². The van der Waals surface area contributed by atoms with Gasteiger partial charge < -0.3 is 14.2 Å². The van der Waals surface area contributed by atoms with Crippen LogP contribution >= 0.6 is 0 Å². The Morgan fingerprint density at radius 1 is 0.318 bits per heavy atom. The van der Waals surface area contributed by atoms with Gasteiger partial charge in [-0.25, -0.2) is 0 Å². The molecule has 1 unspecified atom stereocenters. The standard InChI is InChI=1S/C60H102O6/c1-4-7-10-13-16-19-22-25-28-31-34-37-40-43-46-49-52-58(61)64-55-57(66-60(63)54-51-48-45-42-39-36-33-30-27-24-21-18-15-12-9-6-3)56-65-59(62)53-50-47-44-41-38-35-32-29-26-23-20-17-14-11-8-5-2/h7,10,16,19,25,28-30,32-34,37,43,46,57H,4-6,8-9,11-15,17-18,20-24,26-27,31,35-36,38-42,44-45,47-56H2,1-3H3/b10-7-,19-16-,28-25-,32-29-,33-30-,37-34-,46-43-. The summed E-state index contributed by atoms with van der Waals surface area (Å²) in [5, 5.41) is 0. The number of hydrogen-bond acceptors (Lipinski definition) is 6. The predicted molar refractivity (Wildman–Crippen MR) is 284 cm³/mol. The van der Waals surface area contributed by atoms with E-state index in [-0.39, 0.29) is 37.5 Å². The summed E-state index contributed by atoms with van der Waals surface area (Å²) in [6.07, 6.45) is 70.1. The summed E-state index contributed by atoms with van der Waals surface area (Å²) in [4.78, 5) is 38.0. The second-order valence-electron chi connectivity index (χ2n) is 18.1. The van der Waals surface area contributed by atoms with Crippen LogP contribution < -0.4 is 0 Å². The van der Waals surface area contributed by atoms with E-state index in [4.69, 9.17) is 14.2 Å². The number of carbonyl (C=O) groups is 3. The van der Waals surface area contributed by atoms with Crippen LogP contribution in [0.15, 0.2) is 85.1 Å². The summed E-state index contributed by atoms with van der Waals surface area (Å²) in [5.41, 5.74) is 0. The minimum absolute atomic E-state index is 0.107. The van der Waals surface area contributed by atoms with E-state index >= 15 is 0 Å². The molecule has 0 aromatic carbocycles. The summed E-state index contributed by atoms with van der Waals surface area (Å²) >= 11 is 0. The number of rotatable bonds is 49. The first-order valence-electron chi connectivity index (χ1n) is 27.6. The first kappa shape index (κ1) is 62.6. The smallest absolute Gasteiger partial charge is 0.306 e. The molecule has 0 saturated heterocycles. The first-order chi connectivity index (χ1) is 32.5. The minimum atomic E-state index is -0.814. The van der Waals surface area contributed by atoms with Gasteiger partial charge in [-0.15, -0.1) is 0 Å². The Morgan fingerprint density at radius 3 is 1.02 bits per heavy atom. The molecule has 66 heavy (non-hydrogen) atoms. The van der Waals surface area contributed by atoms with Crippen LogP contribution in [0.4, 0.5) is 0 Å². The molecule has 378 valence electrons. The quantitative estimate of drug-likeness (QED) is 0.0262. The molecule has 6 heteroatoms. The molecule has 0 aromatic rings. The molecule has 0 N–H and O–H groups in total. The van der Waals surface area contributed by atoms with Crippen molar-refractivity contribution >= 4 is 17.9 Å². The van der Waals surface area contributed by atoms with Crippen LogP contribution in [0.25, 0.3) is 0 Å². The Hall–Kier alpha value is -3.41. The molecule has 0 saturated carbocycles. The Kier molecular flexibility index (Phi) is 51.4. The fraction of sp³-hybridized carbons (Fsp3) is 0.717. The largest absolute Gasteiger partial charge is 0.462 e. The Morgan fingerprint density at radius 2 is 0.621 bits per heavy atom. The van der Waals surface area contributed by atoms with E-state index in [0.29, 0.717) is 19.3 Å². The lowest BCUT2D eigenvalue weighted by Crippen LogP contribution is -2.30. The molecule has 0 spiro atoms. The van der Waals surface area contributed by atoms with Crippen molar-refractivity contribution in [3.8, 4) is 0 Å². The molecule has 0 aliphatic rings. The SMILES string of the molecule is CC/C=C\C/C=C\C/C=C\C/C=C\C/C=C\CCC(=O)OCC(COC(=O)CCCCCCC/C=C\CCCCCCCCC)OC(=O)CCCCCCC/C=C\CCCCCCCCC. The molecule has 6 nitrogen and oxygen atoms in total. The van der Waals surface area contributed by atoms with Crippen molar-refractivity contribution in [2.24, 2.45) is 0 Å². The lowest BCUT2D eigenvalue weighted by Gasteiger charge is -2.18. The van der Waals surface area contributed by atoms with E-state index < -0.39 is 6.10 Å². The van der Waals surface area contributed by atoms with Crippen molar-refractivity contribution in [1.29, 1.82) is 0 Å². The average Bonchev–Trinajstić information content (AvgIpc) is 3.31. The summed E-state index contributed by atoms with van der Waals surface area (Å²) in [7, 11) is 0. The lowest BCUT2D eigenvalue weighted by molar-refractivity contribution is -0.166. The number of hydrogen-bond donors (Lipinski definition) is 0. The highest BCUT2D eigenvalue weighted by molar-refractivity contribution is 5.71. The minimum Gasteiger partial charge on any atom is -0.462 e. The summed E-state index contributed by atoms with van der Waals surface area (Å²) in [5.74, 6) is -1.01. The molecular formula is C60H102O6. The lowest BCUT2D eigenvalue weighted by atomic mass is 10.1. The number of unbranched alkanes of at least 4 members (excludes halogenated alkanes) is 24. The number of esters is 3. The zero-order valence-electron chi connectivity index (χ0n) is 43.2. The van der Waals surface area contributed by atoms with Gasteiger partial charge in [-0.2, -0.15) is 0 Å². The van der Waals surface area contributed by atoms with Gasteiger partial charge in [0.15, 0.2) is 6.10 Å². The monoisotopic (exact) mass is 919 g/mol. The van der Waals surface area contributed by atoms with Gasteiger partial charge in [-0.05, 0) is 103 Å². The molecule has 1 atom stereocenters. The molecular weight excluding hydrogens is 817 g/mol. The van der Waals surface area contributed by atoms with Gasteiger partial charge in [0, 0.05) is 19.3 Å². The highest BCUT2D eigenvalue weighted by Gasteiger charge is 2.19. The van der Waals surface area contributed by atoms with Gasteiger partial charge in [-0.1, -0.05) is 221 Å². The third-order valence-electron chi connectivity index (χ3n) is 11.6. The van der Waals surface area contributed by atoms with Crippen LogP contribution in [0.5, 0.6) is 0 Å². The van der Waals surface area contributed by atoms with Crippen molar-refractivity contribution in [3.63, 3.8) is 0 Å². The Labute approximate surface area is 407 Å². The highest BCUT2D eigenvalue weighted by Crippen LogP contribution is 2.14. The van der Waals surface area contributed by atoms with E-state index in [0.717, 1.165) is 96.3 Å². The van der Waals surface area contributed by atoms with Crippen LogP contribution in [0, 0.1) is 0 Å². The maximum absolute atomic E-state index is 12.8. The van der Waals surface area contributed by atoms with Crippen molar-refractivity contribution in [2.75, 3.05) is 13.2 Å². The topological polar surface area (TPSA) is 78.9 Å². The van der Waals surface area contributed by atoms with Gasteiger partial charge in [0.25, 0.3) is 0 Å². The zero-order valence-corrected chi connectivity index (χ0v) is 43.2. The number of allylic oxidation sites excluding steroid dienone is 14. The third kappa shape index (κ3) is 51.6. The van der Waals surface area contributed by atoms with Crippen molar-refractivity contribution in [2.45, 2.75) is 264 Å². The second kappa shape index (κ2) is 54.2. The number of ether oxygens (including phenoxy) is 3. The normalized spacial score (nSPS) is 12.7. The van der Waals surface area contributed by atoms with E-state index in [9.17, 15) is 14.4 Å². The second-order valence-corrected chi connectivity index (χ2v) is 18.1. The molecule has 0 rings (SSSR count). The summed E-state index contributed by atoms with van der Waals surface area (Å²) in [6.45, 7) is 6.45. The van der Waals surface area contributed by atoms with Crippen LogP contribution in [0.2, 0.25) is 0 Å². The maximum atomic E-state index is 12.8. The van der Waals surface area contributed by atoms with Crippen LogP contribution in [0.1, 0.15) is 258 Å². The summed E-state index contributed by atoms with van der Waals surface area (Å²) in [6, 6.07) is 0. The molecule has 0 radical (unpaired) electrons. The van der Waals surface area contributed by atoms with Crippen molar-refractivity contribution in [3.05, 3.63) is 85.1 Å². The highest BCUT2D eigenvalue weighted by atomic mass is 16.6. The predicted octanol–water partition coefficient (Wildman–Crippen LogP) is 18.4. The molecule has 0 heterocycles. The van der Waals surface area contributed by atoms with Gasteiger partial charge in [0.2, 0.25) is 0 Å². The van der Waals surface area contributed by atoms with Crippen LogP contribution in [-0.4, -0.2) is 37.2 Å². The molecule has 0 aliphatic heterocycles. The van der Waals surface area contributed by atoms with Crippen LogP contribution in [-0.2, 0) is 28.6 Å². The summed E-state index contributed by atoms with van der Waals surface area (Å²) < 4.78 is 16.8. The van der Waals surface area contributed by atoms with Crippen LogP contribution in [0.3, 0.4) is 0 Å². The van der Waals surface area contributed by atoms with E-state index in [1.807, 2.05) is 6.08 Å². The van der Waals surface area contributed by atoms with Gasteiger partial charge in [0.05, 0.1) is 0 Å². The van der Waals surface area contributed by atoms with Crippen molar-refractivity contribution in [1.82, 2.24) is 0 Å². The number of carbonyl (C=O) groups excluding carboxylic acids is 3. The molecule has 0 amide bonds. The molecule has 0 fully saturated rings. The van der Waals surface area contributed by atoms with Crippen molar-refractivity contribution < 1.29 is 28.6 Å². The molecule has 0 aromatic heterocycles. The zero-order chi connectivity index (χ0) is 47.9. The maximum Gasteiger partial charge on any atom is 0.306 e. The molecule has 0 bridgehead atoms. The Balaban J connectivity index is 4.51. The molecule has 0 aliphatic carbocycles. The average molecular weight is 919 g/mol. The fourth-order valence-electron chi connectivity index (χ4n) is 7.48. The van der Waals surface area contributed by atoms with Gasteiger partial charge in [0.1, 0.15) is 13.2 Å². The van der Waals surface area contributed by atoms with Gasteiger partial charge >= 0.3 is 17.9 Å². The first-order valence-corrected chi connectivity index (χ1v) is 27.6.